The summed E-state index contributed by atoms with van der Waals surface area (Å²) in [5.74, 6) is 0.0923. The molecule has 14 heteroatoms. The van der Waals surface area contributed by atoms with Crippen molar-refractivity contribution in [3.05, 3.63) is 84.4 Å². The molecular formula is C29H28F2N8O4. The maximum absolute atomic E-state index is 13.4. The first-order chi connectivity index (χ1) is 20.7. The smallest absolute Gasteiger partial charge is 0.387 e. The summed E-state index contributed by atoms with van der Waals surface area (Å²) in [5, 5.41) is 14.4. The second-order valence-corrected chi connectivity index (χ2v) is 9.64. The number of halogens is 2. The van der Waals surface area contributed by atoms with Crippen LogP contribution in [0.3, 0.4) is 0 Å². The molecule has 5 rings (SSSR count). The van der Waals surface area contributed by atoms with Crippen molar-refractivity contribution in [3.63, 3.8) is 0 Å². The van der Waals surface area contributed by atoms with E-state index in [-0.39, 0.29) is 40.7 Å². The fraction of sp³-hybridized carbons (Fsp3) is 0.207. The van der Waals surface area contributed by atoms with E-state index in [1.165, 1.54) is 38.5 Å². The zero-order valence-electron chi connectivity index (χ0n) is 23.5. The number of benzene rings is 2. The van der Waals surface area contributed by atoms with E-state index in [0.29, 0.717) is 23.7 Å². The number of hydrogen-bond acceptors (Lipinski definition) is 8. The summed E-state index contributed by atoms with van der Waals surface area (Å²) in [7, 11) is 5.01. The number of carbonyl (C=O) groups is 2. The Labute approximate surface area is 244 Å². The molecule has 2 aromatic carbocycles. The van der Waals surface area contributed by atoms with Crippen molar-refractivity contribution in [3.8, 4) is 28.5 Å². The molecule has 0 saturated carbocycles. The lowest BCUT2D eigenvalue weighted by atomic mass is 10.1. The van der Waals surface area contributed by atoms with Crippen molar-refractivity contribution in [1.29, 1.82) is 0 Å². The maximum Gasteiger partial charge on any atom is 0.387 e. The largest absolute Gasteiger partial charge is 0.457 e. The van der Waals surface area contributed by atoms with Gasteiger partial charge in [0.05, 0.1) is 24.0 Å². The minimum atomic E-state index is -3.10. The molecule has 0 spiro atoms. The maximum atomic E-state index is 13.4. The quantitative estimate of drug-likeness (QED) is 0.237. The highest BCUT2D eigenvalue weighted by molar-refractivity contribution is 6.09. The van der Waals surface area contributed by atoms with Crippen LogP contribution >= 0.6 is 0 Å². The molecule has 0 aliphatic rings. The highest BCUT2D eigenvalue weighted by Gasteiger charge is 2.22. The van der Waals surface area contributed by atoms with Crippen LogP contribution in [0.2, 0.25) is 0 Å². The molecule has 0 saturated heterocycles. The molecule has 0 radical (unpaired) electrons. The third kappa shape index (κ3) is 6.93. The molecule has 2 amide bonds. The highest BCUT2D eigenvalue weighted by Crippen LogP contribution is 2.38. The van der Waals surface area contributed by atoms with Crippen LogP contribution in [-0.2, 0) is 18.4 Å². The van der Waals surface area contributed by atoms with Gasteiger partial charge in [0.25, 0.3) is 5.91 Å². The fourth-order valence-electron chi connectivity index (χ4n) is 4.24. The number of nitrogens with one attached hydrogen (secondary N) is 2. The van der Waals surface area contributed by atoms with Gasteiger partial charge >= 0.3 is 6.61 Å². The summed E-state index contributed by atoms with van der Waals surface area (Å²) >= 11 is 0. The second-order valence-electron chi connectivity index (χ2n) is 9.64. The number of aryl methyl sites for hydroxylation is 1. The van der Waals surface area contributed by atoms with Gasteiger partial charge in [-0.1, -0.05) is 12.1 Å². The first-order valence-electron chi connectivity index (χ1n) is 13.1. The van der Waals surface area contributed by atoms with Crippen molar-refractivity contribution < 1.29 is 27.8 Å². The normalized spacial score (nSPS) is 11.1. The Morgan fingerprint density at radius 2 is 1.91 bits per heavy atom. The van der Waals surface area contributed by atoms with E-state index in [1.807, 2.05) is 6.07 Å². The standard InChI is InChI=1S/C29H28F2N8O4/c1-37(2)25(40)16-32-14-18-6-4-7-19(12-18)42-20-8-9-24(43-29(30)31)21(13-20)26-23(17-38(3)36-26)35-28(41)22-15-34-39-11-5-10-33-27(22)39/h4-13,15,17,29,32H,14,16H2,1-3H3,(H,35,41). The number of amides is 2. The average molecular weight is 591 g/mol. The van der Waals surface area contributed by atoms with E-state index in [4.69, 9.17) is 9.47 Å². The lowest BCUT2D eigenvalue weighted by Crippen LogP contribution is -2.32. The van der Waals surface area contributed by atoms with Gasteiger partial charge in [0.2, 0.25) is 5.91 Å². The van der Waals surface area contributed by atoms with Crippen molar-refractivity contribution in [2.24, 2.45) is 7.05 Å². The van der Waals surface area contributed by atoms with Gasteiger partial charge in [-0.3, -0.25) is 14.3 Å². The Hall–Kier alpha value is -5.37. The monoisotopic (exact) mass is 590 g/mol. The van der Waals surface area contributed by atoms with E-state index < -0.39 is 12.5 Å². The lowest BCUT2D eigenvalue weighted by molar-refractivity contribution is -0.127. The van der Waals surface area contributed by atoms with E-state index in [0.717, 1.165) is 5.56 Å². The molecule has 12 nitrogen and oxygen atoms in total. The number of aromatic nitrogens is 5. The molecule has 2 N–H and O–H groups in total. The number of hydrogen-bond donors (Lipinski definition) is 2. The third-order valence-corrected chi connectivity index (χ3v) is 6.26. The average Bonchev–Trinajstić information content (AvgIpc) is 3.57. The second kappa shape index (κ2) is 12.7. The Morgan fingerprint density at radius 1 is 1.09 bits per heavy atom. The van der Waals surface area contributed by atoms with Gasteiger partial charge in [-0.25, -0.2) is 9.50 Å². The predicted octanol–water partition coefficient (Wildman–Crippen LogP) is 3.95. The van der Waals surface area contributed by atoms with Crippen LogP contribution in [0, 0.1) is 0 Å². The number of fused-ring (bicyclic) bond motifs is 1. The molecule has 0 atom stereocenters. The van der Waals surface area contributed by atoms with Gasteiger partial charge in [0, 0.05) is 46.3 Å². The minimum absolute atomic E-state index is 0.0496. The number of ether oxygens (including phenoxy) is 2. The van der Waals surface area contributed by atoms with Gasteiger partial charge < -0.3 is 25.0 Å². The van der Waals surface area contributed by atoms with Crippen LogP contribution < -0.4 is 20.1 Å². The third-order valence-electron chi connectivity index (χ3n) is 6.26. The van der Waals surface area contributed by atoms with Crippen molar-refractivity contribution >= 4 is 23.1 Å². The zero-order chi connectivity index (χ0) is 30.5. The van der Waals surface area contributed by atoms with E-state index in [1.54, 1.807) is 64.0 Å². The molecule has 222 valence electrons. The first-order valence-corrected chi connectivity index (χ1v) is 13.1. The summed E-state index contributed by atoms with van der Waals surface area (Å²) in [6.45, 7) is -2.48. The van der Waals surface area contributed by atoms with Crippen molar-refractivity contribution in [1.82, 2.24) is 34.6 Å². The number of alkyl halides is 2. The number of nitrogens with zero attached hydrogens (tertiary/aromatic N) is 6. The molecule has 0 aliphatic carbocycles. The Kier molecular flexibility index (Phi) is 8.57. The van der Waals surface area contributed by atoms with Crippen LogP contribution in [0.15, 0.2) is 73.3 Å². The molecule has 3 aromatic heterocycles. The number of likely N-dealkylation sites (N-methyl/N-ethyl adjacent to an activating group) is 1. The minimum Gasteiger partial charge on any atom is -0.457 e. The van der Waals surface area contributed by atoms with Crippen LogP contribution in [0.25, 0.3) is 16.9 Å². The number of rotatable bonds is 11. The summed E-state index contributed by atoms with van der Waals surface area (Å²) < 4.78 is 40.5. The molecule has 0 bridgehead atoms. The fourth-order valence-corrected chi connectivity index (χ4v) is 4.24. The first kappa shape index (κ1) is 29.1. The van der Waals surface area contributed by atoms with Crippen molar-refractivity contribution in [2.45, 2.75) is 13.2 Å². The molecular weight excluding hydrogens is 562 g/mol. The zero-order valence-corrected chi connectivity index (χ0v) is 23.5. The lowest BCUT2D eigenvalue weighted by Gasteiger charge is -2.14. The van der Waals surface area contributed by atoms with E-state index in [2.05, 4.69) is 25.8 Å². The molecule has 43 heavy (non-hydrogen) atoms. The van der Waals surface area contributed by atoms with Gasteiger partial charge in [-0.2, -0.15) is 19.0 Å². The molecule has 0 fully saturated rings. The van der Waals surface area contributed by atoms with Gasteiger partial charge in [0.15, 0.2) is 5.65 Å². The predicted molar refractivity (Wildman–Crippen MR) is 153 cm³/mol. The Morgan fingerprint density at radius 3 is 2.70 bits per heavy atom. The van der Waals surface area contributed by atoms with Gasteiger partial charge in [-0.15, -0.1) is 0 Å². The van der Waals surface area contributed by atoms with Crippen molar-refractivity contribution in [2.75, 3.05) is 26.0 Å². The van der Waals surface area contributed by atoms with E-state index >= 15 is 0 Å². The SMILES string of the molecule is CN(C)C(=O)CNCc1cccc(Oc2ccc(OC(F)F)c(-c3nn(C)cc3NC(=O)c3cnn4cccnc34)c2)c1. The molecule has 0 aliphatic heterocycles. The molecule has 0 unspecified atom stereocenters. The van der Waals surface area contributed by atoms with Crippen LogP contribution in [0.5, 0.6) is 17.2 Å². The molecule has 5 aromatic rings. The van der Waals surface area contributed by atoms with E-state index in [9.17, 15) is 18.4 Å². The highest BCUT2D eigenvalue weighted by atomic mass is 19.3. The van der Waals surface area contributed by atoms with Crippen LogP contribution in [-0.4, -0.2) is 68.3 Å². The molecule has 3 heterocycles. The summed E-state index contributed by atoms with van der Waals surface area (Å²) in [6.07, 6.45) is 6.13. The number of carbonyl (C=O) groups excluding carboxylic acids is 2. The summed E-state index contributed by atoms with van der Waals surface area (Å²) in [5.41, 5.74) is 2.05. The number of anilines is 1. The summed E-state index contributed by atoms with van der Waals surface area (Å²) in [4.78, 5) is 30.7. The summed E-state index contributed by atoms with van der Waals surface area (Å²) in [6, 6.07) is 13.3. The van der Waals surface area contributed by atoms with Crippen LogP contribution in [0.1, 0.15) is 15.9 Å². The van der Waals surface area contributed by atoms with Gasteiger partial charge in [-0.05, 0) is 42.0 Å². The topological polar surface area (TPSA) is 128 Å². The Balaban J connectivity index is 1.41. The van der Waals surface area contributed by atoms with Crippen LogP contribution in [0.4, 0.5) is 14.5 Å². The Bertz CT molecular complexity index is 1770. The van der Waals surface area contributed by atoms with Gasteiger partial charge in [0.1, 0.15) is 28.5 Å².